The summed E-state index contributed by atoms with van der Waals surface area (Å²) in [5.41, 5.74) is 0.380. The van der Waals surface area contributed by atoms with E-state index < -0.39 is 0 Å². The Kier molecular flexibility index (Phi) is 8.45. The molecule has 3 N–H and O–H groups in total. The van der Waals surface area contributed by atoms with Crippen LogP contribution in [0.15, 0.2) is 29.6 Å². The van der Waals surface area contributed by atoms with Gasteiger partial charge in [0.1, 0.15) is 23.1 Å². The summed E-state index contributed by atoms with van der Waals surface area (Å²) >= 11 is 7.28. The first-order chi connectivity index (χ1) is 16.1. The van der Waals surface area contributed by atoms with Gasteiger partial charge in [-0.25, -0.2) is 9.78 Å². The van der Waals surface area contributed by atoms with Crippen molar-refractivity contribution in [2.24, 2.45) is 0 Å². The maximum atomic E-state index is 12.8. The fourth-order valence-electron chi connectivity index (χ4n) is 4.52. The smallest absolute Gasteiger partial charge is 0.315 e. The van der Waals surface area contributed by atoms with E-state index in [1.165, 1.54) is 30.6 Å². The van der Waals surface area contributed by atoms with Gasteiger partial charge in [0.15, 0.2) is 0 Å². The molecule has 0 unspecified atom stereocenters. The Labute approximate surface area is 203 Å². The molecule has 0 aliphatic heterocycles. The molecule has 0 bridgehead atoms. The predicted octanol–water partition coefficient (Wildman–Crippen LogP) is 5.05. The minimum absolute atomic E-state index is 0.0716. The van der Waals surface area contributed by atoms with Gasteiger partial charge in [0, 0.05) is 22.5 Å². The van der Waals surface area contributed by atoms with E-state index in [0.717, 1.165) is 43.5 Å². The van der Waals surface area contributed by atoms with E-state index >= 15 is 0 Å². The van der Waals surface area contributed by atoms with Crippen LogP contribution in [-0.2, 0) is 6.61 Å². The SMILES string of the molecule is O=C(NC1CCCCC1)N[C@@H]1CCCC[C@@H]1NC(=O)c1csc(COc2ccc(Cl)cc2)n1. The van der Waals surface area contributed by atoms with E-state index in [9.17, 15) is 9.59 Å². The van der Waals surface area contributed by atoms with Crippen LogP contribution in [-0.4, -0.2) is 35.0 Å². The number of benzene rings is 1. The maximum absolute atomic E-state index is 12.8. The standard InChI is InChI=1S/C24H31ClN4O3S/c25-16-10-12-18(13-11-16)32-14-22-27-21(15-33-22)23(30)28-19-8-4-5-9-20(19)29-24(31)26-17-6-2-1-3-7-17/h10-13,15,17,19-20H,1-9,14H2,(H,28,30)(H2,26,29,31)/t19-,20+/m0/s1. The van der Waals surface area contributed by atoms with E-state index in [-0.39, 0.29) is 36.7 Å². The number of aromatic nitrogens is 1. The van der Waals surface area contributed by atoms with Gasteiger partial charge in [0.2, 0.25) is 0 Å². The Balaban J connectivity index is 1.27. The number of nitrogens with one attached hydrogen (secondary N) is 3. The summed E-state index contributed by atoms with van der Waals surface area (Å²) in [4.78, 5) is 29.8. The molecule has 1 heterocycles. The minimum atomic E-state index is -0.213. The Hall–Kier alpha value is -2.32. The summed E-state index contributed by atoms with van der Waals surface area (Å²) in [6, 6.07) is 7.09. The molecule has 2 aliphatic rings. The van der Waals surface area contributed by atoms with Crippen molar-refractivity contribution in [2.75, 3.05) is 0 Å². The largest absolute Gasteiger partial charge is 0.486 e. The first-order valence-corrected chi connectivity index (χ1v) is 13.0. The summed E-state index contributed by atoms with van der Waals surface area (Å²) < 4.78 is 5.72. The predicted molar refractivity (Wildman–Crippen MR) is 130 cm³/mol. The number of thiazole rings is 1. The van der Waals surface area contributed by atoms with Gasteiger partial charge < -0.3 is 20.7 Å². The van der Waals surface area contributed by atoms with Gasteiger partial charge in [-0.05, 0) is 49.9 Å². The van der Waals surface area contributed by atoms with Crippen molar-refractivity contribution in [1.29, 1.82) is 0 Å². The van der Waals surface area contributed by atoms with Gasteiger partial charge >= 0.3 is 6.03 Å². The Bertz CT molecular complexity index is 930. The third kappa shape index (κ3) is 7.08. The molecule has 178 valence electrons. The zero-order chi connectivity index (χ0) is 23.0. The number of carbonyl (C=O) groups is 2. The highest BCUT2D eigenvalue weighted by molar-refractivity contribution is 7.09. The molecular weight excluding hydrogens is 460 g/mol. The molecule has 3 amide bonds. The van der Waals surface area contributed by atoms with E-state index in [0.29, 0.717) is 16.5 Å². The van der Waals surface area contributed by atoms with Crippen LogP contribution in [0.4, 0.5) is 4.79 Å². The second-order valence-electron chi connectivity index (χ2n) is 8.79. The summed E-state index contributed by atoms with van der Waals surface area (Å²) in [5, 5.41) is 12.4. The fraction of sp³-hybridized carbons (Fsp3) is 0.542. The minimum Gasteiger partial charge on any atom is -0.486 e. The average molecular weight is 491 g/mol. The maximum Gasteiger partial charge on any atom is 0.315 e. The molecule has 0 radical (unpaired) electrons. The highest BCUT2D eigenvalue weighted by Crippen LogP contribution is 2.21. The number of hydrogen-bond acceptors (Lipinski definition) is 5. The topological polar surface area (TPSA) is 92.4 Å². The van der Waals surface area contributed by atoms with Crippen molar-refractivity contribution in [1.82, 2.24) is 20.9 Å². The number of hydrogen-bond donors (Lipinski definition) is 3. The van der Waals surface area contributed by atoms with Crippen LogP contribution in [0.25, 0.3) is 0 Å². The Morgan fingerprint density at radius 3 is 2.33 bits per heavy atom. The van der Waals surface area contributed by atoms with E-state index in [1.54, 1.807) is 29.6 Å². The van der Waals surface area contributed by atoms with Gasteiger partial charge in [-0.1, -0.05) is 43.7 Å². The zero-order valence-electron chi connectivity index (χ0n) is 18.6. The van der Waals surface area contributed by atoms with Gasteiger partial charge in [-0.3, -0.25) is 4.79 Å². The molecule has 0 saturated heterocycles. The third-order valence-corrected chi connectivity index (χ3v) is 7.37. The lowest BCUT2D eigenvalue weighted by Crippen LogP contribution is -2.56. The van der Waals surface area contributed by atoms with Crippen molar-refractivity contribution in [3.63, 3.8) is 0 Å². The molecule has 33 heavy (non-hydrogen) atoms. The van der Waals surface area contributed by atoms with Crippen molar-refractivity contribution < 1.29 is 14.3 Å². The summed E-state index contributed by atoms with van der Waals surface area (Å²) in [5.74, 6) is 0.485. The summed E-state index contributed by atoms with van der Waals surface area (Å²) in [6.45, 7) is 0.286. The van der Waals surface area contributed by atoms with Crippen LogP contribution in [0.5, 0.6) is 5.75 Å². The number of carbonyl (C=O) groups excluding carboxylic acids is 2. The third-order valence-electron chi connectivity index (χ3n) is 6.30. The fourth-order valence-corrected chi connectivity index (χ4v) is 5.33. The monoisotopic (exact) mass is 490 g/mol. The molecule has 1 aromatic carbocycles. The summed E-state index contributed by atoms with van der Waals surface area (Å²) in [6.07, 6.45) is 9.48. The van der Waals surface area contributed by atoms with Gasteiger partial charge in [0.25, 0.3) is 5.91 Å². The molecule has 2 aliphatic carbocycles. The first-order valence-electron chi connectivity index (χ1n) is 11.8. The average Bonchev–Trinajstić information content (AvgIpc) is 3.30. The molecule has 2 aromatic rings. The second kappa shape index (κ2) is 11.7. The van der Waals surface area contributed by atoms with Crippen molar-refractivity contribution in [3.8, 4) is 5.75 Å². The van der Waals surface area contributed by atoms with E-state index in [2.05, 4.69) is 20.9 Å². The highest BCUT2D eigenvalue weighted by atomic mass is 35.5. The first kappa shape index (κ1) is 23.8. The van der Waals surface area contributed by atoms with Crippen LogP contribution in [0.3, 0.4) is 0 Å². The number of amides is 3. The van der Waals surface area contributed by atoms with Crippen molar-refractivity contribution in [2.45, 2.75) is 82.5 Å². The lowest BCUT2D eigenvalue weighted by atomic mass is 9.90. The molecule has 1 aromatic heterocycles. The Morgan fingerprint density at radius 1 is 0.939 bits per heavy atom. The van der Waals surface area contributed by atoms with Gasteiger partial charge in [0.05, 0.1) is 6.04 Å². The van der Waals surface area contributed by atoms with Crippen LogP contribution in [0.1, 0.15) is 73.3 Å². The van der Waals surface area contributed by atoms with Gasteiger partial charge in [-0.15, -0.1) is 11.3 Å². The quantitative estimate of drug-likeness (QED) is 0.506. The normalized spacial score (nSPS) is 21.2. The van der Waals surface area contributed by atoms with Crippen molar-refractivity contribution in [3.05, 3.63) is 45.4 Å². The number of ether oxygens (including phenoxy) is 1. The molecule has 2 atom stereocenters. The van der Waals surface area contributed by atoms with Crippen LogP contribution >= 0.6 is 22.9 Å². The van der Waals surface area contributed by atoms with E-state index in [1.807, 2.05) is 0 Å². The van der Waals surface area contributed by atoms with E-state index in [4.69, 9.17) is 16.3 Å². The second-order valence-corrected chi connectivity index (χ2v) is 10.2. The number of halogens is 1. The Morgan fingerprint density at radius 2 is 1.61 bits per heavy atom. The number of nitrogens with zero attached hydrogens (tertiary/aromatic N) is 1. The van der Waals surface area contributed by atoms with Gasteiger partial charge in [-0.2, -0.15) is 0 Å². The van der Waals surface area contributed by atoms with Crippen molar-refractivity contribution >= 4 is 34.9 Å². The number of rotatable bonds is 7. The molecule has 7 nitrogen and oxygen atoms in total. The summed E-state index contributed by atoms with van der Waals surface area (Å²) in [7, 11) is 0. The molecule has 0 spiro atoms. The van der Waals surface area contributed by atoms with Crippen LogP contribution < -0.4 is 20.7 Å². The number of urea groups is 1. The molecule has 4 rings (SSSR count). The molecule has 2 saturated carbocycles. The molecule has 2 fully saturated rings. The lowest BCUT2D eigenvalue weighted by Gasteiger charge is -2.33. The van der Waals surface area contributed by atoms with Crippen LogP contribution in [0, 0.1) is 0 Å². The molecular formula is C24H31ClN4O3S. The van der Waals surface area contributed by atoms with Crippen LogP contribution in [0.2, 0.25) is 5.02 Å². The zero-order valence-corrected chi connectivity index (χ0v) is 20.2. The molecule has 9 heteroatoms. The highest BCUT2D eigenvalue weighted by Gasteiger charge is 2.29. The lowest BCUT2D eigenvalue weighted by molar-refractivity contribution is 0.0911.